The Labute approximate surface area is 156 Å². The molecule has 3 rings (SSSR count). The van der Waals surface area contributed by atoms with Crippen molar-refractivity contribution in [3.63, 3.8) is 0 Å². The van der Waals surface area contributed by atoms with Gasteiger partial charge < -0.3 is 9.73 Å². The molecule has 8 heteroatoms. The van der Waals surface area contributed by atoms with E-state index in [1.54, 1.807) is 11.6 Å². The molecule has 1 aromatic carbocycles. The van der Waals surface area contributed by atoms with Gasteiger partial charge in [0.05, 0.1) is 22.3 Å². The van der Waals surface area contributed by atoms with Crippen molar-refractivity contribution in [1.82, 2.24) is 20.0 Å². The van der Waals surface area contributed by atoms with Crippen LogP contribution in [0, 0.1) is 20.8 Å². The van der Waals surface area contributed by atoms with E-state index in [4.69, 9.17) is 4.42 Å². The summed E-state index contributed by atoms with van der Waals surface area (Å²) >= 11 is 1.23. The van der Waals surface area contributed by atoms with Crippen LogP contribution in [0.5, 0.6) is 0 Å². The average molecular weight is 371 g/mol. The fourth-order valence-corrected chi connectivity index (χ4v) is 3.25. The zero-order chi connectivity index (χ0) is 18.8. The number of thioether (sulfide) groups is 1. The van der Waals surface area contributed by atoms with Crippen molar-refractivity contribution in [3.8, 4) is 11.5 Å². The van der Waals surface area contributed by atoms with Crippen LogP contribution >= 0.6 is 11.8 Å². The van der Waals surface area contributed by atoms with Gasteiger partial charge in [0.25, 0.3) is 5.22 Å². The summed E-state index contributed by atoms with van der Waals surface area (Å²) in [4.78, 5) is 12.5. The number of aryl methyl sites for hydroxylation is 3. The Morgan fingerprint density at radius 2 is 1.96 bits per heavy atom. The van der Waals surface area contributed by atoms with Gasteiger partial charge in [-0.1, -0.05) is 30.0 Å². The number of hydrogen-bond donors (Lipinski definition) is 1. The van der Waals surface area contributed by atoms with Gasteiger partial charge in [-0.2, -0.15) is 5.10 Å². The molecule has 0 bridgehead atoms. The van der Waals surface area contributed by atoms with Gasteiger partial charge in [-0.15, -0.1) is 10.2 Å². The molecule has 0 aliphatic heterocycles. The first kappa shape index (κ1) is 18.2. The van der Waals surface area contributed by atoms with E-state index in [2.05, 4.69) is 20.6 Å². The van der Waals surface area contributed by atoms with E-state index in [0.29, 0.717) is 11.1 Å². The molecule has 0 fully saturated rings. The van der Waals surface area contributed by atoms with Crippen molar-refractivity contribution in [2.45, 2.75) is 38.2 Å². The molecule has 0 spiro atoms. The third-order valence-corrected chi connectivity index (χ3v) is 5.12. The lowest BCUT2D eigenvalue weighted by molar-refractivity contribution is -0.115. The van der Waals surface area contributed by atoms with Crippen molar-refractivity contribution in [1.29, 1.82) is 0 Å². The quantitative estimate of drug-likeness (QED) is 0.691. The summed E-state index contributed by atoms with van der Waals surface area (Å²) in [5.74, 6) is 0.321. The minimum atomic E-state index is -0.390. The Balaban J connectivity index is 1.69. The molecule has 136 valence electrons. The van der Waals surface area contributed by atoms with Gasteiger partial charge in [0.2, 0.25) is 11.8 Å². The van der Waals surface area contributed by atoms with Crippen molar-refractivity contribution in [2.75, 3.05) is 5.32 Å². The number of nitrogens with one attached hydrogen (secondary N) is 1. The Hall–Kier alpha value is -2.61. The lowest BCUT2D eigenvalue weighted by atomic mass is 10.1. The molecule has 0 saturated carbocycles. The third-order valence-electron chi connectivity index (χ3n) is 4.19. The molecular formula is C18H21N5O2S. The maximum absolute atomic E-state index is 12.5. The van der Waals surface area contributed by atoms with Crippen molar-refractivity contribution in [2.24, 2.45) is 7.05 Å². The van der Waals surface area contributed by atoms with Crippen molar-refractivity contribution < 1.29 is 9.21 Å². The number of carbonyl (C=O) groups is 1. The normalized spacial score (nSPS) is 12.2. The summed E-state index contributed by atoms with van der Waals surface area (Å²) < 4.78 is 7.46. The van der Waals surface area contributed by atoms with E-state index in [-0.39, 0.29) is 11.2 Å². The van der Waals surface area contributed by atoms with Crippen LogP contribution in [0.2, 0.25) is 0 Å². The Morgan fingerprint density at radius 3 is 2.62 bits per heavy atom. The summed E-state index contributed by atoms with van der Waals surface area (Å²) in [7, 11) is 1.85. The van der Waals surface area contributed by atoms with Crippen molar-refractivity contribution in [3.05, 3.63) is 41.2 Å². The first-order valence-corrected chi connectivity index (χ1v) is 9.12. The van der Waals surface area contributed by atoms with E-state index in [1.165, 1.54) is 11.8 Å². The van der Waals surface area contributed by atoms with Gasteiger partial charge in [-0.25, -0.2) is 0 Å². The van der Waals surface area contributed by atoms with Crippen LogP contribution in [0.1, 0.15) is 23.9 Å². The molecule has 7 nitrogen and oxygen atoms in total. The van der Waals surface area contributed by atoms with Gasteiger partial charge in [-0.05, 0) is 39.3 Å². The highest BCUT2D eigenvalue weighted by Gasteiger charge is 2.21. The van der Waals surface area contributed by atoms with Gasteiger partial charge in [0.15, 0.2) is 0 Å². The maximum Gasteiger partial charge on any atom is 0.277 e. The molecule has 2 heterocycles. The fourth-order valence-electron chi connectivity index (χ4n) is 2.56. The second-order valence-corrected chi connectivity index (χ2v) is 7.40. The van der Waals surface area contributed by atoms with E-state index < -0.39 is 0 Å². The van der Waals surface area contributed by atoms with Crippen molar-refractivity contribution >= 4 is 23.4 Å². The molecule has 1 N–H and O–H groups in total. The van der Waals surface area contributed by atoms with E-state index in [0.717, 1.165) is 28.2 Å². The molecule has 0 saturated heterocycles. The molecule has 26 heavy (non-hydrogen) atoms. The Morgan fingerprint density at radius 1 is 1.23 bits per heavy atom. The SMILES string of the molecule is Cc1ccccc1-c1nnc(S[C@@H](C)C(=O)Nc2c(C)nn(C)c2C)o1. The minimum Gasteiger partial charge on any atom is -0.411 e. The van der Waals surface area contributed by atoms with Crippen LogP contribution in [0.25, 0.3) is 11.5 Å². The first-order valence-electron chi connectivity index (χ1n) is 8.24. The summed E-state index contributed by atoms with van der Waals surface area (Å²) in [6.07, 6.45) is 0. The van der Waals surface area contributed by atoms with Gasteiger partial charge >= 0.3 is 0 Å². The maximum atomic E-state index is 12.5. The van der Waals surface area contributed by atoms with E-state index >= 15 is 0 Å². The highest BCUT2D eigenvalue weighted by atomic mass is 32.2. The molecular weight excluding hydrogens is 350 g/mol. The van der Waals surface area contributed by atoms with Gasteiger partial charge in [0, 0.05) is 12.6 Å². The smallest absolute Gasteiger partial charge is 0.277 e. The van der Waals surface area contributed by atoms with Crippen LogP contribution < -0.4 is 5.32 Å². The first-order chi connectivity index (χ1) is 12.4. The Bertz CT molecular complexity index is 947. The van der Waals surface area contributed by atoms with Crippen LogP contribution in [0.15, 0.2) is 33.9 Å². The molecule has 0 radical (unpaired) electrons. The molecule has 0 aliphatic rings. The predicted octanol–water partition coefficient (Wildman–Crippen LogP) is 3.51. The topological polar surface area (TPSA) is 85.8 Å². The number of amides is 1. The third kappa shape index (κ3) is 3.65. The molecule has 1 atom stereocenters. The summed E-state index contributed by atoms with van der Waals surface area (Å²) in [5, 5.41) is 15.4. The largest absolute Gasteiger partial charge is 0.411 e. The number of nitrogens with zero attached hydrogens (tertiary/aromatic N) is 4. The fraction of sp³-hybridized carbons (Fsp3) is 0.333. The second-order valence-electron chi connectivity index (χ2n) is 6.11. The lowest BCUT2D eigenvalue weighted by Crippen LogP contribution is -2.23. The van der Waals surface area contributed by atoms with Gasteiger partial charge in [0.1, 0.15) is 0 Å². The number of aromatic nitrogens is 4. The minimum absolute atomic E-state index is 0.134. The lowest BCUT2D eigenvalue weighted by Gasteiger charge is -2.10. The number of benzene rings is 1. The Kier molecular flexibility index (Phi) is 5.13. The van der Waals surface area contributed by atoms with Crippen LogP contribution in [0.4, 0.5) is 5.69 Å². The number of hydrogen-bond acceptors (Lipinski definition) is 6. The van der Waals surface area contributed by atoms with E-state index in [9.17, 15) is 4.79 Å². The molecule has 0 aliphatic carbocycles. The number of anilines is 1. The molecule has 0 unspecified atom stereocenters. The zero-order valence-electron chi connectivity index (χ0n) is 15.4. The van der Waals surface area contributed by atoms with Crippen LogP contribution in [-0.2, 0) is 11.8 Å². The summed E-state index contributed by atoms with van der Waals surface area (Å²) in [6, 6.07) is 7.80. The van der Waals surface area contributed by atoms with E-state index in [1.807, 2.05) is 52.1 Å². The highest BCUT2D eigenvalue weighted by molar-refractivity contribution is 8.00. The standard InChI is InChI=1S/C18H21N5O2S/c1-10-8-6-7-9-14(10)17-20-21-18(25-17)26-13(4)16(24)19-15-11(2)22-23(5)12(15)3/h6-9,13H,1-5H3,(H,19,24)/t13-/m0/s1. The monoisotopic (exact) mass is 371 g/mol. The molecule has 2 aromatic heterocycles. The predicted molar refractivity (Wildman–Crippen MR) is 101 cm³/mol. The second kappa shape index (κ2) is 7.33. The number of rotatable bonds is 5. The highest BCUT2D eigenvalue weighted by Crippen LogP contribution is 2.28. The van der Waals surface area contributed by atoms with Gasteiger partial charge in [-0.3, -0.25) is 9.48 Å². The molecule has 3 aromatic rings. The summed E-state index contributed by atoms with van der Waals surface area (Å²) in [5.41, 5.74) is 4.39. The van der Waals surface area contributed by atoms with Crippen LogP contribution in [0.3, 0.4) is 0 Å². The molecule has 1 amide bonds. The summed E-state index contributed by atoms with van der Waals surface area (Å²) in [6.45, 7) is 7.58. The zero-order valence-corrected chi connectivity index (χ0v) is 16.2. The number of carbonyl (C=O) groups excluding carboxylic acids is 1. The average Bonchev–Trinajstić information content (AvgIpc) is 3.15. The van der Waals surface area contributed by atoms with Crippen LogP contribution in [-0.4, -0.2) is 31.1 Å².